The summed E-state index contributed by atoms with van der Waals surface area (Å²) in [5.74, 6) is -2.17. The van der Waals surface area contributed by atoms with Crippen molar-refractivity contribution in [1.82, 2.24) is 0 Å². The van der Waals surface area contributed by atoms with Gasteiger partial charge in [-0.25, -0.2) is 8.42 Å². The van der Waals surface area contributed by atoms with Crippen molar-refractivity contribution >= 4 is 69.1 Å². The van der Waals surface area contributed by atoms with Crippen molar-refractivity contribution in [3.8, 4) is 0 Å². The number of rotatable bonds is 0. The van der Waals surface area contributed by atoms with Crippen LogP contribution in [0.2, 0.25) is 0 Å². The minimum Gasteiger partial charge on any atom is -0.741 e. The maximum Gasteiger partial charge on any atom is 2.00 e. The monoisotopic (exact) mass is 895 g/mol. The zero-order chi connectivity index (χ0) is 36.4. The normalized spacial score (nSPS) is 13.7. The van der Waals surface area contributed by atoms with Crippen LogP contribution in [-0.2, 0) is 60.6 Å². The van der Waals surface area contributed by atoms with E-state index in [2.05, 4.69) is 69.8 Å². The zero-order valence-corrected chi connectivity index (χ0v) is 31.2. The molecule has 0 fully saturated rings. The molecule has 50 heavy (non-hydrogen) atoms. The van der Waals surface area contributed by atoms with E-state index < -0.39 is 27.6 Å². The third-order valence-corrected chi connectivity index (χ3v) is 6.45. The van der Waals surface area contributed by atoms with E-state index in [1.54, 1.807) is 0 Å². The van der Waals surface area contributed by atoms with Crippen LogP contribution in [0.3, 0.4) is 0 Å². The number of benzene rings is 2. The Hall–Kier alpha value is -3.96. The quantitative estimate of drug-likeness (QED) is 0.218. The van der Waals surface area contributed by atoms with Gasteiger partial charge < -0.3 is 45.6 Å². The summed E-state index contributed by atoms with van der Waals surface area (Å²) in [6.07, 6.45) is 16.5. The molecule has 0 aliphatic carbocycles. The third-order valence-electron chi connectivity index (χ3n) is 5.88. The van der Waals surface area contributed by atoms with Crippen molar-refractivity contribution in [2.45, 2.75) is 47.1 Å². The van der Waals surface area contributed by atoms with Gasteiger partial charge in [-0.1, -0.05) is 101 Å². The summed E-state index contributed by atoms with van der Waals surface area (Å²) in [5.41, 5.74) is 2.48. The van der Waals surface area contributed by atoms with E-state index in [1.165, 1.54) is 0 Å². The summed E-state index contributed by atoms with van der Waals surface area (Å²) in [5, 5.41) is 40.7. The first-order valence-corrected chi connectivity index (χ1v) is 15.2. The molecule has 0 saturated carbocycles. The molecule has 0 unspecified atom stereocenters. The minimum absolute atomic E-state index is 0. The molecule has 274 valence electrons. The van der Waals surface area contributed by atoms with Crippen molar-refractivity contribution in [2.75, 3.05) is 0 Å². The van der Waals surface area contributed by atoms with Crippen molar-refractivity contribution in [3.05, 3.63) is 113 Å². The summed E-state index contributed by atoms with van der Waals surface area (Å²) in [7, 11) is -6.09. The van der Waals surface area contributed by atoms with Crippen molar-refractivity contribution in [1.29, 1.82) is 0 Å². The van der Waals surface area contributed by atoms with Gasteiger partial charge in [0.05, 0.1) is 0 Å². The molecule has 0 saturated heterocycles. The number of nitrogens with zero attached hydrogens (tertiary/aromatic N) is 4. The van der Waals surface area contributed by atoms with E-state index in [-0.39, 0.29) is 40.8 Å². The molecule has 2 aromatic rings. The van der Waals surface area contributed by atoms with E-state index in [1.807, 2.05) is 52.0 Å². The van der Waals surface area contributed by atoms with Crippen LogP contribution < -0.4 is 31.1 Å². The average molecular weight is 897 g/mol. The number of halogens is 3. The topological polar surface area (TPSA) is 194 Å². The number of hydrogen-bond donors (Lipinski definition) is 0. The Labute approximate surface area is 314 Å². The van der Waals surface area contributed by atoms with Gasteiger partial charge in [0.2, 0.25) is 0 Å². The second-order valence-corrected chi connectivity index (χ2v) is 11.5. The van der Waals surface area contributed by atoms with Gasteiger partial charge in [-0.3, -0.25) is 0 Å². The van der Waals surface area contributed by atoms with E-state index in [9.17, 15) is 13.2 Å². The van der Waals surface area contributed by atoms with Crippen LogP contribution in [0, 0.1) is 0 Å². The fourth-order valence-electron chi connectivity index (χ4n) is 3.93. The van der Waals surface area contributed by atoms with Crippen molar-refractivity contribution in [3.63, 3.8) is 0 Å². The molecule has 4 aliphatic heterocycles. The SMILES string of the molecule is CC(=O)[O-].CC(=O)[O-].CC1=CC=c2ccc3c(c2[N-]1)[N-]C(C)=CC=3.CC1=CC=c2ccc3c(c2[N-]1)[N-]C(C)=CC=3.O=S(=O)([O-])C(F)(F)F.[Pd+2].[Pd+2]. The maximum absolute atomic E-state index is 10.7. The first-order valence-electron chi connectivity index (χ1n) is 13.8. The van der Waals surface area contributed by atoms with Crippen LogP contribution in [0.5, 0.6) is 0 Å². The number of allylic oxidation sites excluding steroid dienone is 8. The number of hydrogen-bond acceptors (Lipinski definition) is 7. The fourth-order valence-corrected chi connectivity index (χ4v) is 3.93. The predicted octanol–water partition coefficient (Wildman–Crippen LogP) is 3.74. The molecule has 0 radical (unpaired) electrons. The summed E-state index contributed by atoms with van der Waals surface area (Å²) >= 11 is 0. The third kappa shape index (κ3) is 14.5. The van der Waals surface area contributed by atoms with E-state index in [0.29, 0.717) is 0 Å². The van der Waals surface area contributed by atoms with Gasteiger partial charge in [-0.15, -0.1) is 22.7 Å². The van der Waals surface area contributed by atoms with Crippen LogP contribution in [0.1, 0.15) is 41.5 Å². The van der Waals surface area contributed by atoms with Crippen molar-refractivity contribution < 1.29 is 86.8 Å². The van der Waals surface area contributed by atoms with Crippen LogP contribution in [0.25, 0.3) is 45.6 Å². The number of carbonyl (C=O) groups excluding carboxylic acids is 2. The Kier molecular flexibility index (Phi) is 18.4. The number of carboxylic acid groups (broad SMARTS) is 2. The Morgan fingerprint density at radius 3 is 0.840 bits per heavy atom. The Bertz CT molecular complexity index is 1830. The Balaban J connectivity index is 0.000000664. The predicted molar refractivity (Wildman–Crippen MR) is 173 cm³/mol. The molecule has 11 nitrogen and oxygen atoms in total. The molecule has 0 aromatic heterocycles. The van der Waals surface area contributed by atoms with Gasteiger partial charge in [-0.05, 0) is 34.7 Å². The average Bonchev–Trinajstić information content (AvgIpc) is 2.96. The Morgan fingerprint density at radius 2 is 0.700 bits per heavy atom. The smallest absolute Gasteiger partial charge is 0.741 e. The van der Waals surface area contributed by atoms with E-state index in [4.69, 9.17) is 32.8 Å². The van der Waals surface area contributed by atoms with E-state index in [0.717, 1.165) is 80.3 Å². The van der Waals surface area contributed by atoms with Gasteiger partial charge in [-0.2, -0.15) is 36.0 Å². The van der Waals surface area contributed by atoms with Gasteiger partial charge in [0.15, 0.2) is 10.1 Å². The molecule has 0 atom stereocenters. The summed E-state index contributed by atoms with van der Waals surface area (Å²) < 4.78 is 58.9. The number of fused-ring (bicyclic) bond motifs is 6. The molecule has 0 spiro atoms. The number of carboxylic acids is 2. The molecule has 0 bridgehead atoms. The molecular weight excluding hydrogens is 866 g/mol. The van der Waals surface area contributed by atoms with Crippen LogP contribution in [0.4, 0.5) is 35.9 Å². The maximum atomic E-state index is 10.7. The standard InChI is InChI=1S/2C14H12N2.2C2H4O2.CHF3O3S.2Pd/c2*1-9-3-5-11-7-8-12-6-4-10(2)16-14(12)13(11)15-9;2*1-2(3)4;2-1(3,4)8(5,6)7;;/h2*3-8H,1-2H3;2*1H3,(H,3,4);(H,5,6,7);;/q2*-2;;;;2*+2/p-3. The summed E-state index contributed by atoms with van der Waals surface area (Å²) in [6.45, 7) is 9.98. The first-order chi connectivity index (χ1) is 22.2. The number of aliphatic carboxylic acids is 2. The molecule has 4 aliphatic rings. The van der Waals surface area contributed by atoms with Crippen molar-refractivity contribution in [2.24, 2.45) is 0 Å². The van der Waals surface area contributed by atoms with Gasteiger partial charge in [0.1, 0.15) is 0 Å². The van der Waals surface area contributed by atoms with Crippen LogP contribution >= 0.6 is 0 Å². The summed E-state index contributed by atoms with van der Waals surface area (Å²) in [4.78, 5) is 17.8. The number of carbonyl (C=O) groups is 2. The van der Waals surface area contributed by atoms with Crippen LogP contribution in [-0.4, -0.2) is 30.4 Å². The summed E-state index contributed by atoms with van der Waals surface area (Å²) in [6, 6.07) is 8.39. The first kappa shape index (κ1) is 46.0. The second kappa shape index (κ2) is 20.0. The number of alkyl halides is 3. The Morgan fingerprint density at radius 1 is 0.540 bits per heavy atom. The van der Waals surface area contributed by atoms with Gasteiger partial charge >= 0.3 is 46.4 Å². The molecule has 4 heterocycles. The van der Waals surface area contributed by atoms with Crippen LogP contribution in [0.15, 0.2) is 71.4 Å². The largest absolute Gasteiger partial charge is 2.00 e. The van der Waals surface area contributed by atoms with E-state index >= 15 is 0 Å². The van der Waals surface area contributed by atoms with Gasteiger partial charge in [0, 0.05) is 11.9 Å². The zero-order valence-electron chi connectivity index (χ0n) is 27.2. The molecule has 2 aromatic carbocycles. The molecular formula is C33H30F3N4O7Pd2S-3. The molecule has 17 heteroatoms. The second-order valence-electron chi connectivity index (χ2n) is 10.1. The fraction of sp³-hybridized carbons (Fsp3) is 0.212. The molecule has 6 rings (SSSR count). The molecule has 0 amide bonds. The van der Waals surface area contributed by atoms with Gasteiger partial charge in [0.25, 0.3) is 0 Å². The minimum atomic E-state index is -6.09. The molecule has 0 N–H and O–H groups in total.